The van der Waals surface area contributed by atoms with Gasteiger partial charge in [-0.1, -0.05) is 24.3 Å². The van der Waals surface area contributed by atoms with Crippen molar-refractivity contribution < 1.29 is 9.90 Å². The summed E-state index contributed by atoms with van der Waals surface area (Å²) in [5.41, 5.74) is 6.82. The topological polar surface area (TPSA) is 63.3 Å². The molecule has 0 saturated carbocycles. The van der Waals surface area contributed by atoms with Crippen LogP contribution in [-0.2, 0) is 6.61 Å². The van der Waals surface area contributed by atoms with Gasteiger partial charge in [-0.2, -0.15) is 0 Å². The first-order valence-electron chi connectivity index (χ1n) is 4.14. The van der Waals surface area contributed by atoms with E-state index in [9.17, 15) is 4.79 Å². The summed E-state index contributed by atoms with van der Waals surface area (Å²) >= 11 is 0. The van der Waals surface area contributed by atoms with Gasteiger partial charge < -0.3 is 10.8 Å². The van der Waals surface area contributed by atoms with Gasteiger partial charge in [0.25, 0.3) is 0 Å². The lowest BCUT2D eigenvalue weighted by Gasteiger charge is -2.04. The third kappa shape index (κ3) is 2.37. The van der Waals surface area contributed by atoms with E-state index < -0.39 is 6.04 Å². The summed E-state index contributed by atoms with van der Waals surface area (Å²) in [5.74, 6) is -0.0792. The maximum absolute atomic E-state index is 11.4. The summed E-state index contributed by atoms with van der Waals surface area (Å²) in [6, 6.07) is 6.32. The monoisotopic (exact) mass is 179 g/mol. The van der Waals surface area contributed by atoms with Crippen molar-refractivity contribution in [2.45, 2.75) is 19.6 Å². The molecule has 0 aliphatic rings. The smallest absolute Gasteiger partial charge is 0.179 e. The van der Waals surface area contributed by atoms with Crippen LogP contribution in [0.2, 0.25) is 0 Å². The molecule has 0 amide bonds. The molecule has 0 fully saturated rings. The van der Waals surface area contributed by atoms with E-state index in [2.05, 4.69) is 0 Å². The number of hydrogen-bond donors (Lipinski definition) is 2. The van der Waals surface area contributed by atoms with Crippen molar-refractivity contribution in [2.75, 3.05) is 0 Å². The summed E-state index contributed by atoms with van der Waals surface area (Å²) in [6.45, 7) is 1.65. The second-order valence-corrected chi connectivity index (χ2v) is 3.01. The highest BCUT2D eigenvalue weighted by Gasteiger charge is 2.09. The number of ketones is 1. The molecule has 1 aromatic carbocycles. The zero-order chi connectivity index (χ0) is 9.84. The molecular weight excluding hydrogens is 166 g/mol. The molecule has 0 saturated heterocycles. The molecule has 3 heteroatoms. The number of benzene rings is 1. The van der Waals surface area contributed by atoms with E-state index in [4.69, 9.17) is 10.8 Å². The summed E-state index contributed by atoms with van der Waals surface area (Å²) in [4.78, 5) is 11.4. The Labute approximate surface area is 77.2 Å². The fourth-order valence-corrected chi connectivity index (χ4v) is 1.04. The molecule has 3 N–H and O–H groups in total. The molecule has 0 heterocycles. The lowest BCUT2D eigenvalue weighted by atomic mass is 10.0. The van der Waals surface area contributed by atoms with Gasteiger partial charge in [0.2, 0.25) is 0 Å². The number of Topliss-reactive ketones (excluding diaryl/α,β-unsaturated/α-hetero) is 1. The summed E-state index contributed by atoms with van der Waals surface area (Å²) in [7, 11) is 0. The number of aliphatic hydroxyl groups is 1. The zero-order valence-electron chi connectivity index (χ0n) is 7.53. The molecule has 0 bridgehead atoms. The molecule has 0 aliphatic heterocycles. The minimum atomic E-state index is -0.472. The van der Waals surface area contributed by atoms with Crippen molar-refractivity contribution in [2.24, 2.45) is 5.73 Å². The second kappa shape index (κ2) is 4.16. The van der Waals surface area contributed by atoms with Crippen LogP contribution in [0.1, 0.15) is 22.8 Å². The fraction of sp³-hybridized carbons (Fsp3) is 0.300. The first-order valence-corrected chi connectivity index (χ1v) is 4.14. The summed E-state index contributed by atoms with van der Waals surface area (Å²) in [5, 5.41) is 8.77. The minimum Gasteiger partial charge on any atom is -0.392 e. The van der Waals surface area contributed by atoms with Gasteiger partial charge in [0.05, 0.1) is 12.6 Å². The predicted octanol–water partition coefficient (Wildman–Crippen LogP) is 0.709. The SMILES string of the molecule is CC(N)C(=O)c1ccc(CO)cc1. The molecule has 0 aliphatic carbocycles. The van der Waals surface area contributed by atoms with Crippen molar-refractivity contribution in [1.29, 1.82) is 0 Å². The second-order valence-electron chi connectivity index (χ2n) is 3.01. The van der Waals surface area contributed by atoms with Crippen LogP contribution < -0.4 is 5.73 Å². The maximum Gasteiger partial charge on any atom is 0.179 e. The average molecular weight is 179 g/mol. The van der Waals surface area contributed by atoms with E-state index in [0.29, 0.717) is 5.56 Å². The molecule has 1 atom stereocenters. The third-order valence-corrected chi connectivity index (χ3v) is 1.83. The van der Waals surface area contributed by atoms with E-state index in [-0.39, 0.29) is 12.4 Å². The average Bonchev–Trinajstić information content (AvgIpc) is 2.17. The van der Waals surface area contributed by atoms with E-state index in [0.717, 1.165) is 5.56 Å². The van der Waals surface area contributed by atoms with Crippen LogP contribution in [0, 0.1) is 0 Å². The minimum absolute atomic E-state index is 0.00729. The number of rotatable bonds is 3. The van der Waals surface area contributed by atoms with Crippen LogP contribution >= 0.6 is 0 Å². The first kappa shape index (κ1) is 9.89. The number of carbonyl (C=O) groups is 1. The fourth-order valence-electron chi connectivity index (χ4n) is 1.04. The first-order chi connectivity index (χ1) is 6.15. The van der Waals surface area contributed by atoms with Crippen molar-refractivity contribution in [3.8, 4) is 0 Å². The van der Waals surface area contributed by atoms with Crippen LogP contribution in [0.4, 0.5) is 0 Å². The maximum atomic E-state index is 11.4. The van der Waals surface area contributed by atoms with Gasteiger partial charge >= 0.3 is 0 Å². The molecule has 13 heavy (non-hydrogen) atoms. The van der Waals surface area contributed by atoms with Crippen molar-refractivity contribution in [3.63, 3.8) is 0 Å². The third-order valence-electron chi connectivity index (χ3n) is 1.83. The Morgan fingerprint density at radius 2 is 2.00 bits per heavy atom. The summed E-state index contributed by atoms with van der Waals surface area (Å²) in [6.07, 6.45) is 0. The molecular formula is C10H13NO2. The van der Waals surface area contributed by atoms with Crippen molar-refractivity contribution >= 4 is 5.78 Å². The van der Waals surface area contributed by atoms with Gasteiger partial charge in [-0.15, -0.1) is 0 Å². The van der Waals surface area contributed by atoms with E-state index in [1.54, 1.807) is 31.2 Å². The van der Waals surface area contributed by atoms with Crippen LogP contribution in [0.3, 0.4) is 0 Å². The van der Waals surface area contributed by atoms with Gasteiger partial charge in [0.15, 0.2) is 5.78 Å². The van der Waals surface area contributed by atoms with Gasteiger partial charge in [-0.25, -0.2) is 0 Å². The highest BCUT2D eigenvalue weighted by atomic mass is 16.3. The lowest BCUT2D eigenvalue weighted by molar-refractivity contribution is 0.0968. The van der Waals surface area contributed by atoms with E-state index >= 15 is 0 Å². The van der Waals surface area contributed by atoms with Gasteiger partial charge in [-0.3, -0.25) is 4.79 Å². The number of nitrogens with two attached hydrogens (primary N) is 1. The van der Waals surface area contributed by atoms with Crippen LogP contribution in [-0.4, -0.2) is 16.9 Å². The number of hydrogen-bond acceptors (Lipinski definition) is 3. The van der Waals surface area contributed by atoms with Crippen LogP contribution in [0.25, 0.3) is 0 Å². The van der Waals surface area contributed by atoms with Crippen LogP contribution in [0.5, 0.6) is 0 Å². The Morgan fingerprint density at radius 1 is 1.46 bits per heavy atom. The molecule has 0 radical (unpaired) electrons. The Morgan fingerprint density at radius 3 is 2.38 bits per heavy atom. The lowest BCUT2D eigenvalue weighted by Crippen LogP contribution is -2.26. The quantitative estimate of drug-likeness (QED) is 0.672. The molecule has 0 spiro atoms. The number of carbonyl (C=O) groups excluding carboxylic acids is 1. The van der Waals surface area contributed by atoms with Crippen molar-refractivity contribution in [1.82, 2.24) is 0 Å². The molecule has 1 rings (SSSR count). The standard InChI is InChI=1S/C10H13NO2/c1-7(11)10(13)9-4-2-8(6-12)3-5-9/h2-5,7,12H,6,11H2,1H3. The Bertz CT molecular complexity index is 290. The molecule has 0 aromatic heterocycles. The van der Waals surface area contributed by atoms with E-state index in [1.165, 1.54) is 0 Å². The van der Waals surface area contributed by atoms with Gasteiger partial charge in [-0.05, 0) is 12.5 Å². The molecule has 3 nitrogen and oxygen atoms in total. The highest BCUT2D eigenvalue weighted by Crippen LogP contribution is 2.06. The Balaban J connectivity index is 2.86. The molecule has 70 valence electrons. The highest BCUT2D eigenvalue weighted by molar-refractivity contribution is 5.99. The van der Waals surface area contributed by atoms with Gasteiger partial charge in [0.1, 0.15) is 0 Å². The zero-order valence-corrected chi connectivity index (χ0v) is 7.53. The molecule has 1 aromatic rings. The van der Waals surface area contributed by atoms with Gasteiger partial charge in [0, 0.05) is 5.56 Å². The van der Waals surface area contributed by atoms with E-state index in [1.807, 2.05) is 0 Å². The Hall–Kier alpha value is -1.19. The van der Waals surface area contributed by atoms with Crippen LogP contribution in [0.15, 0.2) is 24.3 Å². The predicted molar refractivity (Wildman–Crippen MR) is 50.3 cm³/mol. The molecule has 1 unspecified atom stereocenters. The summed E-state index contributed by atoms with van der Waals surface area (Å²) < 4.78 is 0. The Kier molecular flexibility index (Phi) is 3.17. The number of aliphatic hydroxyl groups excluding tert-OH is 1. The normalized spacial score (nSPS) is 12.5. The largest absolute Gasteiger partial charge is 0.392 e. The van der Waals surface area contributed by atoms with Crippen molar-refractivity contribution in [3.05, 3.63) is 35.4 Å².